The van der Waals surface area contributed by atoms with Gasteiger partial charge in [-0.1, -0.05) is 25.5 Å². The number of carbonyl (C=O) groups excluding carboxylic acids is 1. The Morgan fingerprint density at radius 3 is 2.27 bits per heavy atom. The van der Waals surface area contributed by atoms with Crippen LogP contribution in [0, 0.1) is 0 Å². The maximum absolute atomic E-state index is 12.0. The van der Waals surface area contributed by atoms with Gasteiger partial charge in [0.05, 0.1) is 5.75 Å². The van der Waals surface area contributed by atoms with Crippen molar-refractivity contribution in [1.29, 1.82) is 0 Å². The topological polar surface area (TPSA) is 113 Å². The molecule has 0 spiro atoms. The normalized spacial score (nSPS) is 12.6. The van der Waals surface area contributed by atoms with E-state index in [0.717, 1.165) is 0 Å². The number of carbonyl (C=O) groups is 2. The zero-order valence-corrected chi connectivity index (χ0v) is 13.3. The number of hydrogen-bond acceptors (Lipinski definition) is 4. The molecule has 0 radical (unpaired) electrons. The fourth-order valence-electron chi connectivity index (χ4n) is 1.90. The van der Waals surface area contributed by atoms with Gasteiger partial charge in [0.25, 0.3) is 5.91 Å². The smallest absolute Gasteiger partial charge is 0.321 e. The number of nitrogens with one attached hydrogen (secondary N) is 2. The van der Waals surface area contributed by atoms with Gasteiger partial charge in [-0.25, -0.2) is 13.1 Å². The van der Waals surface area contributed by atoms with Crippen molar-refractivity contribution in [2.45, 2.75) is 31.6 Å². The van der Waals surface area contributed by atoms with Gasteiger partial charge in [-0.2, -0.15) is 0 Å². The van der Waals surface area contributed by atoms with Crippen molar-refractivity contribution >= 4 is 21.9 Å². The highest BCUT2D eigenvalue weighted by atomic mass is 32.2. The van der Waals surface area contributed by atoms with Gasteiger partial charge in [-0.15, -0.1) is 0 Å². The van der Waals surface area contributed by atoms with Crippen LogP contribution in [0.25, 0.3) is 0 Å². The average molecular weight is 328 g/mol. The van der Waals surface area contributed by atoms with E-state index in [1.165, 1.54) is 31.3 Å². The largest absolute Gasteiger partial charge is 0.480 e. The van der Waals surface area contributed by atoms with Crippen LogP contribution in [0.2, 0.25) is 0 Å². The van der Waals surface area contributed by atoms with Crippen LogP contribution >= 0.6 is 0 Å². The lowest BCUT2D eigenvalue weighted by Gasteiger charge is -2.14. The molecule has 0 fully saturated rings. The molecular weight excluding hydrogens is 308 g/mol. The van der Waals surface area contributed by atoms with Gasteiger partial charge < -0.3 is 10.4 Å². The fourth-order valence-corrected chi connectivity index (χ4v) is 3.26. The van der Waals surface area contributed by atoms with Crippen LogP contribution in [-0.4, -0.2) is 38.5 Å². The Morgan fingerprint density at radius 1 is 1.23 bits per heavy atom. The van der Waals surface area contributed by atoms with Gasteiger partial charge in [0.2, 0.25) is 10.0 Å². The molecule has 1 aromatic rings. The molecule has 0 aliphatic rings. The minimum Gasteiger partial charge on any atom is -0.480 e. The Labute approximate surface area is 129 Å². The molecule has 8 heteroatoms. The van der Waals surface area contributed by atoms with E-state index in [0.29, 0.717) is 17.5 Å². The van der Waals surface area contributed by atoms with Crippen molar-refractivity contribution < 1.29 is 23.1 Å². The summed E-state index contributed by atoms with van der Waals surface area (Å²) in [6, 6.07) is 4.97. The lowest BCUT2D eigenvalue weighted by atomic mass is 10.1. The summed E-state index contributed by atoms with van der Waals surface area (Å²) in [5, 5.41) is 11.5. The molecule has 0 aliphatic carbocycles. The Bertz CT molecular complexity index is 625. The third-order valence-electron chi connectivity index (χ3n) is 3.00. The molecule has 1 unspecified atom stereocenters. The van der Waals surface area contributed by atoms with Crippen molar-refractivity contribution in [2.75, 3.05) is 7.05 Å². The molecule has 1 rings (SSSR count). The molecule has 22 heavy (non-hydrogen) atoms. The van der Waals surface area contributed by atoms with E-state index in [1.807, 2.05) is 0 Å². The Kier molecular flexibility index (Phi) is 6.51. The van der Waals surface area contributed by atoms with Gasteiger partial charge in [0.15, 0.2) is 0 Å². The van der Waals surface area contributed by atoms with Crippen molar-refractivity contribution in [1.82, 2.24) is 10.0 Å². The monoisotopic (exact) mass is 328 g/mol. The Hall–Kier alpha value is -1.93. The quantitative estimate of drug-likeness (QED) is 0.651. The second-order valence-corrected chi connectivity index (χ2v) is 6.59. The minimum absolute atomic E-state index is 0.226. The zero-order chi connectivity index (χ0) is 16.8. The fraction of sp³-hybridized carbons (Fsp3) is 0.429. The summed E-state index contributed by atoms with van der Waals surface area (Å²) in [6.07, 6.45) is 0.782. The molecule has 0 aliphatic heterocycles. The van der Waals surface area contributed by atoms with Crippen LogP contribution in [0.5, 0.6) is 0 Å². The molecular formula is C14H20N2O5S. The molecule has 1 atom stereocenters. The number of hydrogen-bond donors (Lipinski definition) is 3. The molecule has 1 amide bonds. The molecule has 0 saturated heterocycles. The SMILES string of the molecule is CCCC(NS(=O)(=O)Cc1ccc(C(=O)NC)cc1)C(=O)O. The summed E-state index contributed by atoms with van der Waals surface area (Å²) in [6.45, 7) is 1.78. The third-order valence-corrected chi connectivity index (χ3v) is 4.35. The lowest BCUT2D eigenvalue weighted by Crippen LogP contribution is -2.41. The molecule has 7 nitrogen and oxygen atoms in total. The molecule has 0 heterocycles. The van der Waals surface area contributed by atoms with Crippen molar-refractivity contribution in [3.8, 4) is 0 Å². The minimum atomic E-state index is -3.77. The van der Waals surface area contributed by atoms with E-state index in [9.17, 15) is 18.0 Å². The van der Waals surface area contributed by atoms with E-state index < -0.39 is 22.0 Å². The molecule has 1 aromatic carbocycles. The summed E-state index contributed by atoms with van der Waals surface area (Å²) >= 11 is 0. The van der Waals surface area contributed by atoms with Gasteiger partial charge in [0.1, 0.15) is 6.04 Å². The number of aliphatic carboxylic acids is 1. The van der Waals surface area contributed by atoms with Crippen LogP contribution in [0.15, 0.2) is 24.3 Å². The molecule has 122 valence electrons. The maximum Gasteiger partial charge on any atom is 0.321 e. The first kappa shape index (κ1) is 18.1. The highest BCUT2D eigenvalue weighted by Crippen LogP contribution is 2.09. The van der Waals surface area contributed by atoms with E-state index in [4.69, 9.17) is 5.11 Å². The third kappa shape index (κ3) is 5.45. The highest BCUT2D eigenvalue weighted by Gasteiger charge is 2.23. The van der Waals surface area contributed by atoms with Gasteiger partial charge in [-0.3, -0.25) is 9.59 Å². The molecule has 0 saturated carbocycles. The van der Waals surface area contributed by atoms with Crippen molar-refractivity contribution in [2.24, 2.45) is 0 Å². The zero-order valence-electron chi connectivity index (χ0n) is 12.5. The summed E-state index contributed by atoms with van der Waals surface area (Å²) in [5.74, 6) is -1.80. The first-order valence-electron chi connectivity index (χ1n) is 6.83. The predicted octanol–water partition coefficient (Wildman–Crippen LogP) is 0.719. The number of benzene rings is 1. The highest BCUT2D eigenvalue weighted by molar-refractivity contribution is 7.88. The van der Waals surface area contributed by atoms with Gasteiger partial charge in [0, 0.05) is 12.6 Å². The second kappa shape index (κ2) is 7.90. The van der Waals surface area contributed by atoms with Crippen molar-refractivity contribution in [3.63, 3.8) is 0 Å². The van der Waals surface area contributed by atoms with Gasteiger partial charge >= 0.3 is 5.97 Å². The maximum atomic E-state index is 12.0. The first-order chi connectivity index (χ1) is 10.3. The van der Waals surface area contributed by atoms with Crippen LogP contribution < -0.4 is 10.0 Å². The summed E-state index contributed by atoms with van der Waals surface area (Å²) in [5.41, 5.74) is 0.895. The molecule has 3 N–H and O–H groups in total. The van der Waals surface area contributed by atoms with E-state index >= 15 is 0 Å². The second-order valence-electron chi connectivity index (χ2n) is 4.83. The molecule has 0 bridgehead atoms. The number of carboxylic acids is 1. The first-order valence-corrected chi connectivity index (χ1v) is 8.48. The number of carboxylic acid groups (broad SMARTS) is 1. The predicted molar refractivity (Wildman–Crippen MR) is 81.9 cm³/mol. The van der Waals surface area contributed by atoms with Crippen molar-refractivity contribution in [3.05, 3.63) is 35.4 Å². The number of rotatable bonds is 8. The number of sulfonamides is 1. The van der Waals surface area contributed by atoms with Crippen LogP contribution in [-0.2, 0) is 20.6 Å². The van der Waals surface area contributed by atoms with E-state index in [2.05, 4.69) is 10.0 Å². The van der Waals surface area contributed by atoms with Crippen LogP contribution in [0.3, 0.4) is 0 Å². The summed E-state index contributed by atoms with van der Waals surface area (Å²) in [4.78, 5) is 22.4. The summed E-state index contributed by atoms with van der Waals surface area (Å²) in [7, 11) is -2.27. The van der Waals surface area contributed by atoms with Gasteiger partial charge in [-0.05, 0) is 24.1 Å². The molecule has 0 aromatic heterocycles. The average Bonchev–Trinajstić information content (AvgIpc) is 2.46. The Morgan fingerprint density at radius 2 is 1.82 bits per heavy atom. The van der Waals surface area contributed by atoms with E-state index in [-0.39, 0.29) is 18.1 Å². The standard InChI is InChI=1S/C14H20N2O5S/c1-3-4-12(14(18)19)16-22(20,21)9-10-5-7-11(8-6-10)13(17)15-2/h5-8,12,16H,3-4,9H2,1-2H3,(H,15,17)(H,18,19). The lowest BCUT2D eigenvalue weighted by molar-refractivity contribution is -0.139. The Balaban J connectivity index is 2.79. The van der Waals surface area contributed by atoms with Crippen LogP contribution in [0.4, 0.5) is 0 Å². The van der Waals surface area contributed by atoms with Crippen LogP contribution in [0.1, 0.15) is 35.7 Å². The summed E-state index contributed by atoms with van der Waals surface area (Å²) < 4.78 is 26.2. The van der Waals surface area contributed by atoms with E-state index in [1.54, 1.807) is 6.92 Å². The number of amides is 1.